The van der Waals surface area contributed by atoms with Crippen LogP contribution in [0.5, 0.6) is 0 Å². The molecule has 0 aromatic heterocycles. The van der Waals surface area contributed by atoms with Crippen molar-refractivity contribution >= 4 is 17.5 Å². The summed E-state index contributed by atoms with van der Waals surface area (Å²) in [6, 6.07) is -0.0530. The van der Waals surface area contributed by atoms with Crippen LogP contribution in [-0.2, 0) is 9.53 Å². The third-order valence-corrected chi connectivity index (χ3v) is 3.55. The largest absolute Gasteiger partial charge is 0.383 e. The van der Waals surface area contributed by atoms with Crippen LogP contribution in [0.4, 0.5) is 0 Å². The number of halogens is 1. The van der Waals surface area contributed by atoms with Crippen molar-refractivity contribution in [2.45, 2.75) is 44.6 Å². The Morgan fingerprint density at radius 2 is 2.19 bits per heavy atom. The first-order valence-corrected chi connectivity index (χ1v) is 6.64. The molecule has 1 aliphatic rings. The van der Waals surface area contributed by atoms with E-state index in [1.807, 2.05) is 0 Å². The van der Waals surface area contributed by atoms with Crippen LogP contribution in [0.2, 0.25) is 0 Å². The standard InChI is InChI=1S/C12H22ClNO2/c1-16-9-11(8-13)14-12(15)7-6-10-4-2-3-5-10/h10-11H,2-9H2,1H3,(H,14,15). The highest BCUT2D eigenvalue weighted by atomic mass is 35.5. The van der Waals surface area contributed by atoms with Crippen LogP contribution < -0.4 is 5.32 Å². The lowest BCUT2D eigenvalue weighted by atomic mass is 10.0. The molecule has 0 bridgehead atoms. The second kappa shape index (κ2) is 7.91. The Balaban J connectivity index is 2.13. The van der Waals surface area contributed by atoms with Crippen molar-refractivity contribution in [3.8, 4) is 0 Å². The van der Waals surface area contributed by atoms with Crippen molar-refractivity contribution in [3.05, 3.63) is 0 Å². The van der Waals surface area contributed by atoms with Gasteiger partial charge in [-0.1, -0.05) is 25.7 Å². The number of rotatable bonds is 7. The monoisotopic (exact) mass is 247 g/mol. The molecule has 0 aromatic carbocycles. The number of hydrogen-bond acceptors (Lipinski definition) is 2. The molecule has 1 N–H and O–H groups in total. The topological polar surface area (TPSA) is 38.3 Å². The maximum Gasteiger partial charge on any atom is 0.220 e. The zero-order valence-corrected chi connectivity index (χ0v) is 10.8. The molecule has 0 spiro atoms. The molecular weight excluding hydrogens is 226 g/mol. The Kier molecular flexibility index (Phi) is 6.81. The van der Waals surface area contributed by atoms with Gasteiger partial charge in [0.15, 0.2) is 0 Å². The molecule has 0 saturated heterocycles. The van der Waals surface area contributed by atoms with Gasteiger partial charge < -0.3 is 10.1 Å². The normalized spacial score (nSPS) is 18.6. The summed E-state index contributed by atoms with van der Waals surface area (Å²) in [7, 11) is 1.62. The van der Waals surface area contributed by atoms with Crippen molar-refractivity contribution in [3.63, 3.8) is 0 Å². The molecule has 3 nitrogen and oxygen atoms in total. The highest BCUT2D eigenvalue weighted by molar-refractivity contribution is 6.18. The Hall–Kier alpha value is -0.280. The number of hydrogen-bond donors (Lipinski definition) is 1. The fourth-order valence-corrected chi connectivity index (χ4v) is 2.43. The molecule has 94 valence electrons. The van der Waals surface area contributed by atoms with Crippen LogP contribution in [0.3, 0.4) is 0 Å². The number of carbonyl (C=O) groups excluding carboxylic acids is 1. The number of ether oxygens (including phenoxy) is 1. The van der Waals surface area contributed by atoms with Gasteiger partial charge in [0.05, 0.1) is 12.6 Å². The van der Waals surface area contributed by atoms with E-state index in [0.29, 0.717) is 18.9 Å². The summed E-state index contributed by atoms with van der Waals surface area (Å²) in [5.74, 6) is 1.28. The van der Waals surface area contributed by atoms with E-state index in [4.69, 9.17) is 16.3 Å². The second-order valence-electron chi connectivity index (χ2n) is 4.56. The highest BCUT2D eigenvalue weighted by Crippen LogP contribution is 2.28. The summed E-state index contributed by atoms with van der Waals surface area (Å²) in [5, 5.41) is 2.90. The Morgan fingerprint density at radius 1 is 1.50 bits per heavy atom. The van der Waals surface area contributed by atoms with E-state index in [-0.39, 0.29) is 11.9 Å². The molecule has 1 amide bonds. The molecule has 1 fully saturated rings. The van der Waals surface area contributed by atoms with Crippen LogP contribution in [0.15, 0.2) is 0 Å². The minimum absolute atomic E-state index is 0.0530. The molecule has 1 unspecified atom stereocenters. The van der Waals surface area contributed by atoms with E-state index in [2.05, 4.69) is 5.32 Å². The van der Waals surface area contributed by atoms with E-state index in [1.165, 1.54) is 25.7 Å². The lowest BCUT2D eigenvalue weighted by Gasteiger charge is -2.15. The van der Waals surface area contributed by atoms with Crippen LogP contribution in [-0.4, -0.2) is 31.5 Å². The third-order valence-electron chi connectivity index (χ3n) is 3.17. The minimum Gasteiger partial charge on any atom is -0.383 e. The summed E-state index contributed by atoms with van der Waals surface area (Å²) in [5.41, 5.74) is 0. The lowest BCUT2D eigenvalue weighted by Crippen LogP contribution is -2.39. The van der Waals surface area contributed by atoms with Crippen molar-refractivity contribution in [2.24, 2.45) is 5.92 Å². The van der Waals surface area contributed by atoms with Crippen molar-refractivity contribution in [2.75, 3.05) is 19.6 Å². The van der Waals surface area contributed by atoms with Crippen LogP contribution in [0, 0.1) is 5.92 Å². The Labute approximate surface area is 103 Å². The molecule has 16 heavy (non-hydrogen) atoms. The van der Waals surface area contributed by atoms with Crippen molar-refractivity contribution in [1.82, 2.24) is 5.32 Å². The molecule has 0 aromatic rings. The Morgan fingerprint density at radius 3 is 2.75 bits per heavy atom. The predicted octanol–water partition coefficient (Wildman–Crippen LogP) is 2.33. The lowest BCUT2D eigenvalue weighted by molar-refractivity contribution is -0.122. The third kappa shape index (κ3) is 5.17. The first-order chi connectivity index (χ1) is 7.76. The van der Waals surface area contributed by atoms with Gasteiger partial charge in [-0.05, 0) is 12.3 Å². The summed E-state index contributed by atoms with van der Waals surface area (Å²) >= 11 is 5.72. The van der Waals surface area contributed by atoms with E-state index in [0.717, 1.165) is 12.3 Å². The summed E-state index contributed by atoms with van der Waals surface area (Å²) in [6.07, 6.45) is 6.91. The van der Waals surface area contributed by atoms with Gasteiger partial charge >= 0.3 is 0 Å². The van der Waals surface area contributed by atoms with Gasteiger partial charge in [0.2, 0.25) is 5.91 Å². The number of alkyl halides is 1. The van der Waals surface area contributed by atoms with E-state index in [1.54, 1.807) is 7.11 Å². The quantitative estimate of drug-likeness (QED) is 0.702. The molecule has 1 atom stereocenters. The summed E-state index contributed by atoms with van der Waals surface area (Å²) in [4.78, 5) is 11.6. The average Bonchev–Trinajstić information content (AvgIpc) is 2.78. The fraction of sp³-hybridized carbons (Fsp3) is 0.917. The van der Waals surface area contributed by atoms with E-state index >= 15 is 0 Å². The smallest absolute Gasteiger partial charge is 0.220 e. The first kappa shape index (κ1) is 13.8. The van der Waals surface area contributed by atoms with Crippen molar-refractivity contribution in [1.29, 1.82) is 0 Å². The summed E-state index contributed by atoms with van der Waals surface area (Å²) < 4.78 is 4.97. The molecule has 0 radical (unpaired) electrons. The molecule has 0 heterocycles. The molecule has 1 saturated carbocycles. The molecule has 4 heteroatoms. The van der Waals surface area contributed by atoms with Gasteiger partial charge in [-0.2, -0.15) is 0 Å². The summed E-state index contributed by atoms with van der Waals surface area (Å²) in [6.45, 7) is 0.485. The minimum atomic E-state index is -0.0530. The Bertz CT molecular complexity index is 205. The van der Waals surface area contributed by atoms with Gasteiger partial charge in [-0.3, -0.25) is 4.79 Å². The molecular formula is C12H22ClNO2. The molecule has 1 aliphatic carbocycles. The maximum atomic E-state index is 11.6. The van der Waals surface area contributed by atoms with Gasteiger partial charge in [0.25, 0.3) is 0 Å². The van der Waals surface area contributed by atoms with Gasteiger partial charge in [-0.15, -0.1) is 11.6 Å². The number of carbonyl (C=O) groups is 1. The van der Waals surface area contributed by atoms with Gasteiger partial charge in [-0.25, -0.2) is 0 Å². The van der Waals surface area contributed by atoms with Crippen LogP contribution in [0.25, 0.3) is 0 Å². The first-order valence-electron chi connectivity index (χ1n) is 6.10. The number of amides is 1. The zero-order valence-electron chi connectivity index (χ0n) is 10.0. The highest BCUT2D eigenvalue weighted by Gasteiger charge is 2.17. The predicted molar refractivity (Wildman–Crippen MR) is 65.7 cm³/mol. The average molecular weight is 248 g/mol. The zero-order chi connectivity index (χ0) is 11.8. The van der Waals surface area contributed by atoms with E-state index < -0.39 is 0 Å². The van der Waals surface area contributed by atoms with Gasteiger partial charge in [0, 0.05) is 19.4 Å². The van der Waals surface area contributed by atoms with E-state index in [9.17, 15) is 4.79 Å². The SMILES string of the molecule is COCC(CCl)NC(=O)CCC1CCCC1. The van der Waals surface area contributed by atoms with Gasteiger partial charge in [0.1, 0.15) is 0 Å². The fourth-order valence-electron chi connectivity index (χ4n) is 2.26. The van der Waals surface area contributed by atoms with Crippen LogP contribution in [0.1, 0.15) is 38.5 Å². The van der Waals surface area contributed by atoms with Crippen LogP contribution >= 0.6 is 11.6 Å². The number of nitrogens with one attached hydrogen (secondary N) is 1. The molecule has 1 rings (SSSR count). The second-order valence-corrected chi connectivity index (χ2v) is 4.87. The molecule has 0 aliphatic heterocycles. The number of methoxy groups -OCH3 is 1. The van der Waals surface area contributed by atoms with Crippen molar-refractivity contribution < 1.29 is 9.53 Å². The maximum absolute atomic E-state index is 11.6.